The van der Waals surface area contributed by atoms with Crippen LogP contribution in [0, 0.1) is 6.92 Å². The lowest BCUT2D eigenvalue weighted by Gasteiger charge is -2.24. The zero-order valence-electron chi connectivity index (χ0n) is 14.7. The Morgan fingerprint density at radius 2 is 1.96 bits per heavy atom. The van der Waals surface area contributed by atoms with Crippen LogP contribution < -0.4 is 4.74 Å². The maximum absolute atomic E-state index is 12.7. The minimum absolute atomic E-state index is 0.192. The van der Waals surface area contributed by atoms with E-state index < -0.39 is 17.8 Å². The third-order valence-electron chi connectivity index (χ3n) is 4.13. The summed E-state index contributed by atoms with van der Waals surface area (Å²) in [7, 11) is 0. The second-order valence-electron chi connectivity index (χ2n) is 6.26. The van der Waals surface area contributed by atoms with Gasteiger partial charge < -0.3 is 14.4 Å². The number of rotatable bonds is 3. The Labute approximate surface area is 154 Å². The van der Waals surface area contributed by atoms with Gasteiger partial charge in [-0.3, -0.25) is 4.79 Å². The van der Waals surface area contributed by atoms with E-state index >= 15 is 0 Å². The number of hydrogen-bond acceptors (Lipinski definition) is 4. The van der Waals surface area contributed by atoms with Crippen molar-refractivity contribution < 1.29 is 27.4 Å². The van der Waals surface area contributed by atoms with Crippen LogP contribution in [0.25, 0.3) is 0 Å². The quantitative estimate of drug-likeness (QED) is 0.820. The zero-order valence-corrected chi connectivity index (χ0v) is 14.7. The van der Waals surface area contributed by atoms with E-state index in [0.29, 0.717) is 25.6 Å². The molecule has 1 fully saturated rings. The van der Waals surface area contributed by atoms with Gasteiger partial charge in [0, 0.05) is 23.9 Å². The van der Waals surface area contributed by atoms with Crippen molar-refractivity contribution in [1.29, 1.82) is 0 Å². The van der Waals surface area contributed by atoms with Crippen molar-refractivity contribution in [3.63, 3.8) is 0 Å². The number of hydrogen-bond donors (Lipinski definition) is 0. The number of ether oxygens (including phenoxy) is 2. The molecule has 0 unspecified atom stereocenters. The Morgan fingerprint density at radius 3 is 2.63 bits per heavy atom. The average molecular weight is 380 g/mol. The van der Waals surface area contributed by atoms with E-state index in [1.165, 1.54) is 17.0 Å². The van der Waals surface area contributed by atoms with Crippen LogP contribution in [0.4, 0.5) is 13.2 Å². The van der Waals surface area contributed by atoms with Gasteiger partial charge in [-0.1, -0.05) is 6.07 Å². The van der Waals surface area contributed by atoms with Crippen LogP contribution in [-0.4, -0.2) is 48.2 Å². The number of amides is 1. The van der Waals surface area contributed by atoms with Gasteiger partial charge in [0.25, 0.3) is 5.91 Å². The predicted octanol–water partition coefficient (Wildman–Crippen LogP) is 3.33. The predicted molar refractivity (Wildman–Crippen MR) is 91.6 cm³/mol. The van der Waals surface area contributed by atoms with Gasteiger partial charge >= 0.3 is 6.18 Å². The Kier molecular flexibility index (Phi) is 5.65. The molecule has 2 aromatic rings. The highest BCUT2D eigenvalue weighted by atomic mass is 19.4. The summed E-state index contributed by atoms with van der Waals surface area (Å²) >= 11 is 0. The van der Waals surface area contributed by atoms with E-state index in [-0.39, 0.29) is 18.0 Å². The van der Waals surface area contributed by atoms with E-state index in [4.69, 9.17) is 9.47 Å². The summed E-state index contributed by atoms with van der Waals surface area (Å²) < 4.78 is 49.4. The van der Waals surface area contributed by atoms with E-state index in [1.54, 1.807) is 6.07 Å². The lowest BCUT2D eigenvalue weighted by Crippen LogP contribution is -2.40. The normalized spacial score (nSPS) is 18.1. The van der Waals surface area contributed by atoms with Gasteiger partial charge in [-0.15, -0.1) is 0 Å². The van der Waals surface area contributed by atoms with Crippen LogP contribution in [0.15, 0.2) is 42.5 Å². The highest BCUT2D eigenvalue weighted by Gasteiger charge is 2.31. The van der Waals surface area contributed by atoms with E-state index in [2.05, 4.69) is 4.98 Å². The van der Waals surface area contributed by atoms with Gasteiger partial charge in [-0.2, -0.15) is 13.2 Å². The molecule has 1 saturated heterocycles. The third-order valence-corrected chi connectivity index (χ3v) is 4.13. The molecule has 2 heterocycles. The SMILES string of the molecule is Cc1cccc(O[C@H]2COCCN(C(=O)c3ccc(C(F)(F)F)cc3)C2)n1. The Balaban J connectivity index is 1.70. The van der Waals surface area contributed by atoms with Crippen molar-refractivity contribution in [3.8, 4) is 5.88 Å². The van der Waals surface area contributed by atoms with Gasteiger partial charge in [0.05, 0.1) is 25.3 Å². The minimum Gasteiger partial charge on any atom is -0.470 e. The van der Waals surface area contributed by atoms with Gasteiger partial charge in [-0.25, -0.2) is 4.98 Å². The fourth-order valence-corrected chi connectivity index (χ4v) is 2.77. The summed E-state index contributed by atoms with van der Waals surface area (Å²) in [6.45, 7) is 3.06. The molecule has 5 nitrogen and oxygen atoms in total. The number of alkyl halides is 3. The van der Waals surface area contributed by atoms with Gasteiger partial charge in [0.1, 0.15) is 6.10 Å². The molecular formula is C19H19F3N2O3. The van der Waals surface area contributed by atoms with Crippen molar-refractivity contribution in [2.24, 2.45) is 0 Å². The fraction of sp³-hybridized carbons (Fsp3) is 0.368. The average Bonchev–Trinajstić information content (AvgIpc) is 2.86. The molecule has 1 aromatic heterocycles. The molecule has 144 valence electrons. The molecular weight excluding hydrogens is 361 g/mol. The molecule has 1 aromatic carbocycles. The first-order valence-electron chi connectivity index (χ1n) is 8.47. The van der Waals surface area contributed by atoms with Crippen LogP contribution in [-0.2, 0) is 10.9 Å². The number of halogens is 3. The molecule has 0 bridgehead atoms. The van der Waals surface area contributed by atoms with Crippen LogP contribution in [0.5, 0.6) is 5.88 Å². The molecule has 0 spiro atoms. The lowest BCUT2D eigenvalue weighted by atomic mass is 10.1. The monoisotopic (exact) mass is 380 g/mol. The summed E-state index contributed by atoms with van der Waals surface area (Å²) in [6.07, 6.45) is -4.85. The summed E-state index contributed by atoms with van der Waals surface area (Å²) in [5, 5.41) is 0. The highest BCUT2D eigenvalue weighted by molar-refractivity contribution is 5.94. The molecule has 1 atom stereocenters. The number of nitrogens with zero attached hydrogens (tertiary/aromatic N) is 2. The highest BCUT2D eigenvalue weighted by Crippen LogP contribution is 2.29. The summed E-state index contributed by atoms with van der Waals surface area (Å²) in [4.78, 5) is 18.5. The molecule has 1 aliphatic rings. The molecule has 0 radical (unpaired) electrons. The standard InChI is InChI=1S/C19H19F3N2O3/c1-13-3-2-4-17(23-13)27-16-11-24(9-10-26-12-16)18(25)14-5-7-15(8-6-14)19(20,21)22/h2-8,16H,9-12H2,1H3/t16-/m1/s1. The molecule has 0 aliphatic carbocycles. The largest absolute Gasteiger partial charge is 0.470 e. The Hall–Kier alpha value is -2.61. The number of benzene rings is 1. The molecule has 27 heavy (non-hydrogen) atoms. The van der Waals surface area contributed by atoms with Crippen LogP contribution in [0.1, 0.15) is 21.6 Å². The number of pyridine rings is 1. The first kappa shape index (κ1) is 19.2. The molecule has 0 N–H and O–H groups in total. The van der Waals surface area contributed by atoms with E-state index in [1.807, 2.05) is 19.1 Å². The van der Waals surface area contributed by atoms with Crippen LogP contribution in [0.3, 0.4) is 0 Å². The third kappa shape index (κ3) is 4.97. The number of carbonyl (C=O) groups excluding carboxylic acids is 1. The molecule has 0 saturated carbocycles. The van der Waals surface area contributed by atoms with Crippen LogP contribution >= 0.6 is 0 Å². The molecule has 8 heteroatoms. The summed E-state index contributed by atoms with van der Waals surface area (Å²) in [5.74, 6) is 0.0763. The van der Waals surface area contributed by atoms with Gasteiger partial charge in [0.2, 0.25) is 5.88 Å². The first-order valence-corrected chi connectivity index (χ1v) is 8.47. The lowest BCUT2D eigenvalue weighted by molar-refractivity contribution is -0.137. The number of carbonyl (C=O) groups is 1. The second kappa shape index (κ2) is 7.96. The summed E-state index contributed by atoms with van der Waals surface area (Å²) in [5.41, 5.74) is 0.210. The van der Waals surface area contributed by atoms with Crippen molar-refractivity contribution >= 4 is 5.91 Å². The minimum atomic E-state index is -4.43. The fourth-order valence-electron chi connectivity index (χ4n) is 2.77. The van der Waals surface area contributed by atoms with Crippen molar-refractivity contribution in [1.82, 2.24) is 9.88 Å². The van der Waals surface area contributed by atoms with Gasteiger partial charge in [-0.05, 0) is 37.3 Å². The smallest absolute Gasteiger partial charge is 0.416 e. The maximum Gasteiger partial charge on any atom is 0.416 e. The van der Waals surface area contributed by atoms with Gasteiger partial charge in [0.15, 0.2) is 0 Å². The van der Waals surface area contributed by atoms with E-state index in [0.717, 1.165) is 17.8 Å². The Bertz CT molecular complexity index is 794. The number of aromatic nitrogens is 1. The molecule has 1 amide bonds. The van der Waals surface area contributed by atoms with Crippen LogP contribution in [0.2, 0.25) is 0 Å². The van der Waals surface area contributed by atoms with Crippen molar-refractivity contribution in [2.45, 2.75) is 19.2 Å². The van der Waals surface area contributed by atoms with E-state index in [9.17, 15) is 18.0 Å². The topological polar surface area (TPSA) is 51.7 Å². The molecule has 1 aliphatic heterocycles. The number of aryl methyl sites for hydroxylation is 1. The van der Waals surface area contributed by atoms with Crippen molar-refractivity contribution in [2.75, 3.05) is 26.3 Å². The molecule has 3 rings (SSSR count). The first-order chi connectivity index (χ1) is 12.8. The van der Waals surface area contributed by atoms with Crippen molar-refractivity contribution in [3.05, 3.63) is 59.3 Å². The zero-order chi connectivity index (χ0) is 19.4. The second-order valence-corrected chi connectivity index (χ2v) is 6.26. The Morgan fingerprint density at radius 1 is 1.22 bits per heavy atom. The summed E-state index contributed by atoms with van der Waals surface area (Å²) in [6, 6.07) is 9.58. The maximum atomic E-state index is 12.7.